The summed E-state index contributed by atoms with van der Waals surface area (Å²) in [7, 11) is 1.84. The second kappa shape index (κ2) is 3.74. The van der Waals surface area contributed by atoms with E-state index in [-0.39, 0.29) is 5.69 Å². The molecule has 0 atom stereocenters. The van der Waals surface area contributed by atoms with E-state index < -0.39 is 0 Å². The first-order valence-corrected chi connectivity index (χ1v) is 6.05. The minimum Gasteiger partial charge on any atom is -0.369 e. The summed E-state index contributed by atoms with van der Waals surface area (Å²) in [5, 5.41) is 0. The number of nitrogens with two attached hydrogens (primary N) is 1. The van der Waals surface area contributed by atoms with Crippen LogP contribution >= 0.6 is 15.9 Å². The SMILES string of the molecule is Cn1c(N)nc(Br)c1-c1ccc2[nH]c(=O)[nH]c2c1. The summed E-state index contributed by atoms with van der Waals surface area (Å²) in [6.07, 6.45) is 0. The number of halogens is 1. The van der Waals surface area contributed by atoms with E-state index >= 15 is 0 Å². The molecule has 6 nitrogen and oxygen atoms in total. The van der Waals surface area contributed by atoms with Crippen molar-refractivity contribution in [1.82, 2.24) is 19.5 Å². The molecule has 0 spiro atoms. The predicted octanol–water partition coefficient (Wildman–Crippen LogP) is 1.60. The number of imidazole rings is 2. The second-order valence-corrected chi connectivity index (χ2v) is 4.76. The van der Waals surface area contributed by atoms with Gasteiger partial charge in [-0.05, 0) is 28.1 Å². The molecule has 2 aromatic heterocycles. The lowest BCUT2D eigenvalue weighted by atomic mass is 10.1. The van der Waals surface area contributed by atoms with Crippen LogP contribution in [0.1, 0.15) is 0 Å². The molecule has 0 saturated carbocycles. The van der Waals surface area contributed by atoms with Gasteiger partial charge in [-0.1, -0.05) is 6.07 Å². The summed E-state index contributed by atoms with van der Waals surface area (Å²) in [6.45, 7) is 0. The number of aromatic nitrogens is 4. The van der Waals surface area contributed by atoms with Gasteiger partial charge < -0.3 is 20.3 Å². The van der Waals surface area contributed by atoms with Crippen molar-refractivity contribution in [1.29, 1.82) is 0 Å². The zero-order chi connectivity index (χ0) is 12.9. The van der Waals surface area contributed by atoms with Crippen molar-refractivity contribution in [3.63, 3.8) is 0 Å². The van der Waals surface area contributed by atoms with Crippen LogP contribution in [-0.4, -0.2) is 19.5 Å². The van der Waals surface area contributed by atoms with E-state index in [9.17, 15) is 4.79 Å². The van der Waals surface area contributed by atoms with Crippen molar-refractivity contribution in [3.05, 3.63) is 33.3 Å². The van der Waals surface area contributed by atoms with Crippen LogP contribution in [0, 0.1) is 0 Å². The highest BCUT2D eigenvalue weighted by atomic mass is 79.9. The largest absolute Gasteiger partial charge is 0.369 e. The van der Waals surface area contributed by atoms with Crippen molar-refractivity contribution < 1.29 is 0 Å². The summed E-state index contributed by atoms with van der Waals surface area (Å²) < 4.78 is 2.47. The topological polar surface area (TPSA) is 92.5 Å². The van der Waals surface area contributed by atoms with Crippen LogP contribution in [0.5, 0.6) is 0 Å². The molecule has 0 fully saturated rings. The van der Waals surface area contributed by atoms with Gasteiger partial charge in [-0.15, -0.1) is 0 Å². The summed E-state index contributed by atoms with van der Waals surface area (Å²) in [5.41, 5.74) is 8.86. The number of H-pyrrole nitrogens is 2. The van der Waals surface area contributed by atoms with Gasteiger partial charge in [0.15, 0.2) is 0 Å². The van der Waals surface area contributed by atoms with Gasteiger partial charge in [-0.2, -0.15) is 0 Å². The zero-order valence-corrected chi connectivity index (χ0v) is 11.1. The predicted molar refractivity (Wildman–Crippen MR) is 73.2 cm³/mol. The number of hydrogen-bond donors (Lipinski definition) is 3. The lowest BCUT2D eigenvalue weighted by molar-refractivity contribution is 0.938. The molecule has 0 amide bonds. The van der Waals surface area contributed by atoms with Gasteiger partial charge in [0.2, 0.25) is 5.95 Å². The zero-order valence-electron chi connectivity index (χ0n) is 9.49. The van der Waals surface area contributed by atoms with Crippen LogP contribution < -0.4 is 11.4 Å². The molecule has 0 aliphatic rings. The van der Waals surface area contributed by atoms with Gasteiger partial charge in [0.05, 0.1) is 16.7 Å². The first-order valence-electron chi connectivity index (χ1n) is 5.26. The van der Waals surface area contributed by atoms with E-state index in [1.807, 2.05) is 25.2 Å². The average Bonchev–Trinajstić information content (AvgIpc) is 2.78. The standard InChI is InChI=1S/C11H10BrN5O/c1-17-8(9(12)16-10(17)13)5-2-3-6-7(4-5)15-11(18)14-6/h2-4H,1H3,(H2,13,16)(H2,14,15,18). The number of hydrogen-bond acceptors (Lipinski definition) is 3. The van der Waals surface area contributed by atoms with Gasteiger partial charge in [-0.25, -0.2) is 9.78 Å². The molecule has 3 aromatic rings. The highest BCUT2D eigenvalue weighted by Crippen LogP contribution is 2.30. The number of nitrogen functional groups attached to an aromatic ring is 1. The first kappa shape index (κ1) is 11.1. The van der Waals surface area contributed by atoms with Crippen LogP contribution in [0.4, 0.5) is 5.95 Å². The second-order valence-electron chi connectivity index (χ2n) is 4.01. The Hall–Kier alpha value is -2.02. The maximum atomic E-state index is 11.2. The Morgan fingerprint density at radius 1 is 1.33 bits per heavy atom. The Morgan fingerprint density at radius 2 is 2.06 bits per heavy atom. The fourth-order valence-corrected chi connectivity index (χ4v) is 2.65. The fourth-order valence-electron chi connectivity index (χ4n) is 1.97. The molecule has 3 rings (SSSR count). The normalized spacial score (nSPS) is 11.2. The van der Waals surface area contributed by atoms with Gasteiger partial charge in [0.25, 0.3) is 0 Å². The molecule has 0 saturated heterocycles. The van der Waals surface area contributed by atoms with E-state index in [4.69, 9.17) is 5.73 Å². The van der Waals surface area contributed by atoms with Gasteiger partial charge in [-0.3, -0.25) is 0 Å². The number of aromatic amines is 2. The molecule has 0 aliphatic carbocycles. The molecule has 4 N–H and O–H groups in total. The minimum absolute atomic E-state index is 0.217. The van der Waals surface area contributed by atoms with E-state index in [2.05, 4.69) is 30.9 Å². The van der Waals surface area contributed by atoms with E-state index in [0.29, 0.717) is 10.6 Å². The maximum Gasteiger partial charge on any atom is 0.323 e. The summed E-state index contributed by atoms with van der Waals surface area (Å²) in [4.78, 5) is 20.8. The van der Waals surface area contributed by atoms with Crippen molar-refractivity contribution in [2.24, 2.45) is 7.05 Å². The highest BCUT2D eigenvalue weighted by Gasteiger charge is 2.13. The van der Waals surface area contributed by atoms with E-state index in [0.717, 1.165) is 22.3 Å². The molecule has 18 heavy (non-hydrogen) atoms. The van der Waals surface area contributed by atoms with Crippen molar-refractivity contribution in [2.75, 3.05) is 5.73 Å². The molecule has 2 heterocycles. The number of nitrogens with zero attached hydrogens (tertiary/aromatic N) is 2. The molecule has 7 heteroatoms. The van der Waals surface area contributed by atoms with Gasteiger partial charge >= 0.3 is 5.69 Å². The third kappa shape index (κ3) is 1.55. The molecule has 0 aliphatic heterocycles. The number of rotatable bonds is 1. The van der Waals surface area contributed by atoms with Crippen LogP contribution in [0.25, 0.3) is 22.3 Å². The van der Waals surface area contributed by atoms with Crippen LogP contribution in [0.3, 0.4) is 0 Å². The Balaban J connectivity index is 2.28. The van der Waals surface area contributed by atoms with Crippen LogP contribution in [0.15, 0.2) is 27.6 Å². The minimum atomic E-state index is -0.217. The molecular formula is C11H10BrN5O. The van der Waals surface area contributed by atoms with Crippen LogP contribution in [-0.2, 0) is 7.05 Å². The van der Waals surface area contributed by atoms with Gasteiger partial charge in [0, 0.05) is 12.6 Å². The van der Waals surface area contributed by atoms with E-state index in [1.54, 1.807) is 4.57 Å². The molecular weight excluding hydrogens is 298 g/mol. The molecule has 92 valence electrons. The lowest BCUT2D eigenvalue weighted by Gasteiger charge is -2.04. The van der Waals surface area contributed by atoms with Crippen molar-refractivity contribution in [2.45, 2.75) is 0 Å². The maximum absolute atomic E-state index is 11.2. The quantitative estimate of drug-likeness (QED) is 0.637. The van der Waals surface area contributed by atoms with Gasteiger partial charge in [0.1, 0.15) is 4.60 Å². The van der Waals surface area contributed by atoms with Crippen LogP contribution in [0.2, 0.25) is 0 Å². The average molecular weight is 308 g/mol. The molecule has 0 unspecified atom stereocenters. The third-order valence-electron chi connectivity index (χ3n) is 2.88. The molecule has 0 radical (unpaired) electrons. The summed E-state index contributed by atoms with van der Waals surface area (Å²) in [6, 6.07) is 5.64. The molecule has 1 aromatic carbocycles. The Bertz CT molecular complexity index is 797. The fraction of sp³-hybridized carbons (Fsp3) is 0.0909. The van der Waals surface area contributed by atoms with Crippen molar-refractivity contribution >= 4 is 32.9 Å². The Kier molecular flexibility index (Phi) is 2.30. The number of benzene rings is 1. The highest BCUT2D eigenvalue weighted by molar-refractivity contribution is 9.10. The third-order valence-corrected chi connectivity index (χ3v) is 3.43. The lowest BCUT2D eigenvalue weighted by Crippen LogP contribution is -1.99. The summed E-state index contributed by atoms with van der Waals surface area (Å²) >= 11 is 3.38. The number of anilines is 1. The Morgan fingerprint density at radius 3 is 2.72 bits per heavy atom. The van der Waals surface area contributed by atoms with Crippen molar-refractivity contribution in [3.8, 4) is 11.3 Å². The molecule has 0 bridgehead atoms. The summed E-state index contributed by atoms with van der Waals surface area (Å²) in [5.74, 6) is 0.430. The smallest absolute Gasteiger partial charge is 0.323 e. The van der Waals surface area contributed by atoms with E-state index in [1.165, 1.54) is 0 Å². The monoisotopic (exact) mass is 307 g/mol. The first-order chi connectivity index (χ1) is 8.56. The number of nitrogens with one attached hydrogen (secondary N) is 2. The number of fused-ring (bicyclic) bond motifs is 1. The Labute approximate surface area is 110 Å².